The Morgan fingerprint density at radius 3 is 2.73 bits per heavy atom. The quantitative estimate of drug-likeness (QED) is 0.634. The number of hydroxylamine groups is 1. The van der Waals surface area contributed by atoms with Crippen LogP contribution in [0.25, 0.3) is 0 Å². The minimum Gasteiger partial charge on any atom is -0.444 e. The van der Waals surface area contributed by atoms with E-state index in [-0.39, 0.29) is 0 Å². The second kappa shape index (κ2) is 7.11. The number of carbonyl (C=O) groups is 2. The van der Waals surface area contributed by atoms with E-state index in [2.05, 4.69) is 5.48 Å². The second-order valence-electron chi connectivity index (χ2n) is 6.39. The molecule has 22 heavy (non-hydrogen) atoms. The molecule has 2 aliphatic heterocycles. The first-order valence-electron chi connectivity index (χ1n) is 7.60. The van der Waals surface area contributed by atoms with Crippen molar-refractivity contribution in [2.75, 3.05) is 13.2 Å². The Labute approximate surface area is 130 Å². The molecule has 0 saturated carbocycles. The van der Waals surface area contributed by atoms with Crippen LogP contribution in [0.3, 0.4) is 0 Å². The van der Waals surface area contributed by atoms with E-state index in [9.17, 15) is 9.59 Å². The van der Waals surface area contributed by atoms with E-state index >= 15 is 0 Å². The molecule has 0 aromatic carbocycles. The van der Waals surface area contributed by atoms with Crippen LogP contribution in [0.4, 0.5) is 4.79 Å². The van der Waals surface area contributed by atoms with Crippen molar-refractivity contribution in [2.24, 2.45) is 0 Å². The van der Waals surface area contributed by atoms with Crippen molar-refractivity contribution >= 4 is 12.0 Å². The molecule has 7 nitrogen and oxygen atoms in total. The molecular weight excluding hydrogens is 288 g/mol. The first kappa shape index (κ1) is 16.8. The van der Waals surface area contributed by atoms with E-state index in [0.29, 0.717) is 13.2 Å². The van der Waals surface area contributed by atoms with E-state index in [1.165, 1.54) is 4.90 Å². The van der Waals surface area contributed by atoms with Gasteiger partial charge in [0.2, 0.25) is 0 Å². The maximum Gasteiger partial charge on any atom is 0.411 e. The Kier molecular flexibility index (Phi) is 5.42. The molecule has 2 aliphatic rings. The highest BCUT2D eigenvalue weighted by atomic mass is 16.8. The fourth-order valence-electron chi connectivity index (χ4n) is 2.25. The monoisotopic (exact) mass is 312 g/mol. The number of nitrogens with zero attached hydrogens (tertiary/aromatic N) is 1. The molecule has 1 fully saturated rings. The van der Waals surface area contributed by atoms with Gasteiger partial charge in [-0.25, -0.2) is 15.1 Å². The third-order valence-electron chi connectivity index (χ3n) is 3.28. The van der Waals surface area contributed by atoms with Gasteiger partial charge >= 0.3 is 6.09 Å². The normalized spacial score (nSPS) is 25.1. The largest absolute Gasteiger partial charge is 0.444 e. The third kappa shape index (κ3) is 4.71. The number of nitrogens with one attached hydrogen (secondary N) is 1. The van der Waals surface area contributed by atoms with Crippen molar-refractivity contribution in [2.45, 2.75) is 58.0 Å². The molecule has 1 saturated heterocycles. The highest BCUT2D eigenvalue weighted by Gasteiger charge is 2.34. The van der Waals surface area contributed by atoms with Crippen molar-refractivity contribution in [1.82, 2.24) is 10.4 Å². The SMILES string of the molecule is CC(C)(C)OC(=O)N1CC=CC1C(=O)NO[C@H]1CCCCO1. The molecule has 1 N–H and O–H groups in total. The van der Waals surface area contributed by atoms with Crippen LogP contribution < -0.4 is 5.48 Å². The van der Waals surface area contributed by atoms with Crippen molar-refractivity contribution < 1.29 is 23.9 Å². The highest BCUT2D eigenvalue weighted by Crippen LogP contribution is 2.17. The summed E-state index contributed by atoms with van der Waals surface area (Å²) in [6, 6.07) is -0.724. The molecule has 0 spiro atoms. The van der Waals surface area contributed by atoms with Crippen LogP contribution in [0.5, 0.6) is 0 Å². The average Bonchev–Trinajstić information content (AvgIpc) is 2.93. The Hall–Kier alpha value is -1.60. The van der Waals surface area contributed by atoms with Gasteiger partial charge in [-0.3, -0.25) is 9.69 Å². The standard InChI is InChI=1S/C15H24N2O5/c1-15(2,3)21-14(19)17-9-6-7-11(17)13(18)16-22-12-8-4-5-10-20-12/h6-7,11-12H,4-5,8-10H2,1-3H3,(H,16,18)/t11?,12-/m0/s1. The fourth-order valence-corrected chi connectivity index (χ4v) is 2.25. The maximum absolute atomic E-state index is 12.2. The molecule has 7 heteroatoms. The first-order chi connectivity index (χ1) is 10.4. The van der Waals surface area contributed by atoms with Gasteiger partial charge in [-0.15, -0.1) is 0 Å². The third-order valence-corrected chi connectivity index (χ3v) is 3.28. The predicted octanol–water partition coefficient (Wildman–Crippen LogP) is 1.74. The summed E-state index contributed by atoms with van der Waals surface area (Å²) in [6.07, 6.45) is 5.23. The Morgan fingerprint density at radius 1 is 1.32 bits per heavy atom. The zero-order valence-corrected chi connectivity index (χ0v) is 13.3. The van der Waals surface area contributed by atoms with E-state index in [4.69, 9.17) is 14.3 Å². The lowest BCUT2D eigenvalue weighted by Gasteiger charge is -2.28. The van der Waals surface area contributed by atoms with Crippen LogP contribution in [0.15, 0.2) is 12.2 Å². The zero-order chi connectivity index (χ0) is 16.2. The molecule has 2 amide bonds. The molecule has 124 valence electrons. The average molecular weight is 312 g/mol. The van der Waals surface area contributed by atoms with Gasteiger partial charge in [-0.05, 0) is 33.6 Å². The number of hydrogen-bond donors (Lipinski definition) is 1. The fraction of sp³-hybridized carbons (Fsp3) is 0.733. The predicted molar refractivity (Wildman–Crippen MR) is 78.7 cm³/mol. The minimum absolute atomic E-state index is 0.340. The molecular formula is C15H24N2O5. The van der Waals surface area contributed by atoms with Crippen LogP contribution in [-0.4, -0.2) is 48.0 Å². The summed E-state index contributed by atoms with van der Waals surface area (Å²) in [4.78, 5) is 30.9. The number of rotatable bonds is 3. The molecule has 0 radical (unpaired) electrons. The summed E-state index contributed by atoms with van der Waals surface area (Å²) in [5, 5.41) is 0. The first-order valence-corrected chi connectivity index (χ1v) is 7.60. The van der Waals surface area contributed by atoms with E-state index < -0.39 is 29.9 Å². The smallest absolute Gasteiger partial charge is 0.411 e. The molecule has 2 rings (SSSR count). The van der Waals surface area contributed by atoms with Crippen LogP contribution in [0.2, 0.25) is 0 Å². The summed E-state index contributed by atoms with van der Waals surface area (Å²) in [7, 11) is 0. The van der Waals surface area contributed by atoms with Crippen molar-refractivity contribution in [3.05, 3.63) is 12.2 Å². The number of carbonyl (C=O) groups excluding carboxylic acids is 2. The Balaban J connectivity index is 1.84. The zero-order valence-electron chi connectivity index (χ0n) is 13.3. The van der Waals surface area contributed by atoms with Crippen LogP contribution in [0.1, 0.15) is 40.0 Å². The number of hydrogen-bond acceptors (Lipinski definition) is 5. The Morgan fingerprint density at radius 2 is 2.09 bits per heavy atom. The second-order valence-corrected chi connectivity index (χ2v) is 6.39. The van der Waals surface area contributed by atoms with E-state index in [1.807, 2.05) is 0 Å². The Bertz CT molecular complexity index is 438. The maximum atomic E-state index is 12.2. The molecule has 0 aliphatic carbocycles. The molecule has 1 unspecified atom stereocenters. The van der Waals surface area contributed by atoms with Gasteiger partial charge in [-0.2, -0.15) is 0 Å². The summed E-state index contributed by atoms with van der Waals surface area (Å²) in [5.41, 5.74) is 1.77. The minimum atomic E-state index is -0.724. The molecule has 2 heterocycles. The summed E-state index contributed by atoms with van der Waals surface area (Å²) in [6.45, 7) is 6.33. The van der Waals surface area contributed by atoms with Gasteiger partial charge in [0.05, 0.1) is 0 Å². The van der Waals surface area contributed by atoms with Crippen molar-refractivity contribution in [1.29, 1.82) is 0 Å². The topological polar surface area (TPSA) is 77.1 Å². The highest BCUT2D eigenvalue weighted by molar-refractivity contribution is 5.87. The van der Waals surface area contributed by atoms with Gasteiger partial charge in [-0.1, -0.05) is 12.2 Å². The molecule has 0 bridgehead atoms. The lowest BCUT2D eigenvalue weighted by Crippen LogP contribution is -2.48. The lowest BCUT2D eigenvalue weighted by molar-refractivity contribution is -0.201. The lowest BCUT2D eigenvalue weighted by atomic mass is 10.2. The van der Waals surface area contributed by atoms with Gasteiger partial charge in [0.25, 0.3) is 5.91 Å². The van der Waals surface area contributed by atoms with Crippen LogP contribution in [0, 0.1) is 0 Å². The van der Waals surface area contributed by atoms with E-state index in [0.717, 1.165) is 19.3 Å². The molecule has 0 aromatic rings. The van der Waals surface area contributed by atoms with Gasteiger partial charge in [0.15, 0.2) is 6.29 Å². The van der Waals surface area contributed by atoms with E-state index in [1.54, 1.807) is 32.9 Å². The molecule has 0 aromatic heterocycles. The van der Waals surface area contributed by atoms with Gasteiger partial charge < -0.3 is 9.47 Å². The van der Waals surface area contributed by atoms with Crippen molar-refractivity contribution in [3.8, 4) is 0 Å². The molecule has 2 atom stereocenters. The summed E-state index contributed by atoms with van der Waals surface area (Å²) < 4.78 is 10.7. The summed E-state index contributed by atoms with van der Waals surface area (Å²) in [5.74, 6) is -0.409. The van der Waals surface area contributed by atoms with Crippen molar-refractivity contribution in [3.63, 3.8) is 0 Å². The van der Waals surface area contributed by atoms with Crippen LogP contribution >= 0.6 is 0 Å². The summed E-state index contributed by atoms with van der Waals surface area (Å²) >= 11 is 0. The van der Waals surface area contributed by atoms with Gasteiger partial charge in [0, 0.05) is 19.6 Å². The van der Waals surface area contributed by atoms with Crippen LogP contribution in [-0.2, 0) is 19.1 Å². The number of ether oxygens (including phenoxy) is 2. The number of amides is 2. The van der Waals surface area contributed by atoms with Gasteiger partial charge in [0.1, 0.15) is 11.6 Å².